The SMILES string of the molecule is O=C1CCC(N2Cc3c(Sc4ccccc4F)cccc3C2=O)C(=O)N1. The number of carbonyl (C=O) groups is 3. The second-order valence-corrected chi connectivity index (χ2v) is 7.30. The smallest absolute Gasteiger partial charge is 0.255 e. The zero-order valence-electron chi connectivity index (χ0n) is 13.7. The van der Waals surface area contributed by atoms with Gasteiger partial charge in [-0.15, -0.1) is 0 Å². The Labute approximate surface area is 153 Å². The van der Waals surface area contributed by atoms with E-state index in [-0.39, 0.29) is 30.6 Å². The summed E-state index contributed by atoms with van der Waals surface area (Å²) >= 11 is 1.26. The predicted octanol–water partition coefficient (Wildman–Crippen LogP) is 2.74. The summed E-state index contributed by atoms with van der Waals surface area (Å²) in [5, 5.41) is 2.29. The quantitative estimate of drug-likeness (QED) is 0.844. The molecule has 0 bridgehead atoms. The van der Waals surface area contributed by atoms with E-state index in [4.69, 9.17) is 0 Å². The Kier molecular flexibility index (Phi) is 4.24. The molecule has 0 saturated carbocycles. The minimum Gasteiger partial charge on any atom is -0.322 e. The molecule has 1 N–H and O–H groups in total. The summed E-state index contributed by atoms with van der Waals surface area (Å²) in [6, 6.07) is 11.1. The molecule has 1 unspecified atom stereocenters. The van der Waals surface area contributed by atoms with Gasteiger partial charge in [-0.2, -0.15) is 0 Å². The van der Waals surface area contributed by atoms with Crippen molar-refractivity contribution >= 4 is 29.5 Å². The maximum atomic E-state index is 14.0. The van der Waals surface area contributed by atoms with Crippen LogP contribution in [0.5, 0.6) is 0 Å². The van der Waals surface area contributed by atoms with E-state index in [2.05, 4.69) is 5.32 Å². The Bertz CT molecular complexity index is 931. The summed E-state index contributed by atoms with van der Waals surface area (Å²) in [6.45, 7) is 0.276. The number of rotatable bonds is 3. The van der Waals surface area contributed by atoms with Gasteiger partial charge in [-0.25, -0.2) is 4.39 Å². The third-order valence-electron chi connectivity index (χ3n) is 4.60. The monoisotopic (exact) mass is 370 g/mol. The summed E-state index contributed by atoms with van der Waals surface area (Å²) in [5.41, 5.74) is 1.31. The van der Waals surface area contributed by atoms with Crippen LogP contribution in [0.15, 0.2) is 52.3 Å². The largest absolute Gasteiger partial charge is 0.322 e. The van der Waals surface area contributed by atoms with Crippen LogP contribution in [0, 0.1) is 5.82 Å². The van der Waals surface area contributed by atoms with Crippen LogP contribution in [0.2, 0.25) is 0 Å². The molecule has 7 heteroatoms. The fourth-order valence-electron chi connectivity index (χ4n) is 3.30. The summed E-state index contributed by atoms with van der Waals surface area (Å²) in [4.78, 5) is 39.0. The molecule has 2 heterocycles. The normalized spacial score (nSPS) is 19.5. The first-order valence-electron chi connectivity index (χ1n) is 8.23. The van der Waals surface area contributed by atoms with Gasteiger partial charge in [-0.3, -0.25) is 19.7 Å². The number of fused-ring (bicyclic) bond motifs is 1. The van der Waals surface area contributed by atoms with Crippen molar-refractivity contribution in [2.75, 3.05) is 0 Å². The molecule has 1 atom stereocenters. The van der Waals surface area contributed by atoms with Crippen molar-refractivity contribution in [2.24, 2.45) is 0 Å². The van der Waals surface area contributed by atoms with Crippen LogP contribution in [0.25, 0.3) is 0 Å². The van der Waals surface area contributed by atoms with Gasteiger partial charge in [-0.1, -0.05) is 30.0 Å². The first kappa shape index (κ1) is 16.8. The minimum atomic E-state index is -0.654. The lowest BCUT2D eigenvalue weighted by Crippen LogP contribution is -2.52. The van der Waals surface area contributed by atoms with Crippen LogP contribution >= 0.6 is 11.8 Å². The lowest BCUT2D eigenvalue weighted by molar-refractivity contribution is -0.136. The molecule has 132 valence electrons. The van der Waals surface area contributed by atoms with Crippen LogP contribution in [0.4, 0.5) is 4.39 Å². The van der Waals surface area contributed by atoms with Gasteiger partial charge in [0.25, 0.3) is 5.91 Å². The van der Waals surface area contributed by atoms with Crippen molar-refractivity contribution in [1.82, 2.24) is 10.2 Å². The number of hydrogen-bond donors (Lipinski definition) is 1. The standard InChI is InChI=1S/C19H15FN2O3S/c20-13-5-1-2-6-16(13)26-15-7-3-4-11-12(15)10-22(19(11)25)14-8-9-17(23)21-18(14)24/h1-7,14H,8-10H2,(H,21,23,24). The van der Waals surface area contributed by atoms with Crippen molar-refractivity contribution in [3.8, 4) is 0 Å². The fourth-order valence-corrected chi connectivity index (χ4v) is 4.29. The number of nitrogens with zero attached hydrogens (tertiary/aromatic N) is 1. The van der Waals surface area contributed by atoms with Crippen LogP contribution < -0.4 is 5.32 Å². The van der Waals surface area contributed by atoms with Gasteiger partial charge in [0.15, 0.2) is 0 Å². The molecule has 1 saturated heterocycles. The van der Waals surface area contributed by atoms with Crippen molar-refractivity contribution < 1.29 is 18.8 Å². The second kappa shape index (κ2) is 6.57. The maximum absolute atomic E-state index is 14.0. The molecule has 2 aromatic rings. The topological polar surface area (TPSA) is 66.5 Å². The van der Waals surface area contributed by atoms with Gasteiger partial charge in [-0.05, 0) is 36.2 Å². The van der Waals surface area contributed by atoms with Gasteiger partial charge in [0, 0.05) is 28.3 Å². The number of halogens is 1. The van der Waals surface area contributed by atoms with E-state index >= 15 is 0 Å². The highest BCUT2D eigenvalue weighted by atomic mass is 32.2. The summed E-state index contributed by atoms with van der Waals surface area (Å²) < 4.78 is 14.0. The predicted molar refractivity (Wildman–Crippen MR) is 93.0 cm³/mol. The Morgan fingerprint density at radius 1 is 1.04 bits per heavy atom. The molecule has 1 fully saturated rings. The van der Waals surface area contributed by atoms with Crippen molar-refractivity contribution in [3.63, 3.8) is 0 Å². The second-order valence-electron chi connectivity index (χ2n) is 6.21. The third-order valence-corrected chi connectivity index (χ3v) is 5.75. The molecule has 5 nitrogen and oxygen atoms in total. The van der Waals surface area contributed by atoms with E-state index in [0.29, 0.717) is 16.9 Å². The lowest BCUT2D eigenvalue weighted by Gasteiger charge is -2.29. The molecule has 0 aromatic heterocycles. The number of piperidine rings is 1. The Hall–Kier alpha value is -2.67. The number of benzene rings is 2. The van der Waals surface area contributed by atoms with E-state index in [0.717, 1.165) is 10.5 Å². The van der Waals surface area contributed by atoms with Crippen LogP contribution in [0.3, 0.4) is 0 Å². The first-order valence-corrected chi connectivity index (χ1v) is 9.05. The molecule has 2 aromatic carbocycles. The molecular formula is C19H15FN2O3S. The maximum Gasteiger partial charge on any atom is 0.255 e. The average molecular weight is 370 g/mol. The molecule has 2 aliphatic heterocycles. The number of hydrogen-bond acceptors (Lipinski definition) is 4. The zero-order valence-corrected chi connectivity index (χ0v) is 14.5. The van der Waals surface area contributed by atoms with E-state index in [1.54, 1.807) is 30.3 Å². The van der Waals surface area contributed by atoms with Crippen LogP contribution in [-0.2, 0) is 16.1 Å². The lowest BCUT2D eigenvalue weighted by atomic mass is 10.0. The number of nitrogens with one attached hydrogen (secondary N) is 1. The average Bonchev–Trinajstić information content (AvgIpc) is 2.95. The van der Waals surface area contributed by atoms with E-state index < -0.39 is 11.9 Å². The molecule has 2 aliphatic rings. The zero-order chi connectivity index (χ0) is 18.3. The summed E-state index contributed by atoms with van der Waals surface area (Å²) in [7, 11) is 0. The summed E-state index contributed by atoms with van der Waals surface area (Å²) in [6.07, 6.45) is 0.535. The van der Waals surface area contributed by atoms with Crippen LogP contribution in [-0.4, -0.2) is 28.7 Å². The van der Waals surface area contributed by atoms with Crippen LogP contribution in [0.1, 0.15) is 28.8 Å². The number of amides is 3. The van der Waals surface area contributed by atoms with Gasteiger partial charge >= 0.3 is 0 Å². The molecule has 0 radical (unpaired) electrons. The van der Waals surface area contributed by atoms with Crippen molar-refractivity contribution in [1.29, 1.82) is 0 Å². The van der Waals surface area contributed by atoms with E-state index in [1.807, 2.05) is 6.07 Å². The highest BCUT2D eigenvalue weighted by Crippen LogP contribution is 2.38. The molecular weight excluding hydrogens is 355 g/mol. The molecule has 3 amide bonds. The Morgan fingerprint density at radius 3 is 2.58 bits per heavy atom. The van der Waals surface area contributed by atoms with E-state index in [1.165, 1.54) is 22.7 Å². The molecule has 26 heavy (non-hydrogen) atoms. The van der Waals surface area contributed by atoms with Gasteiger partial charge in [0.2, 0.25) is 11.8 Å². The highest BCUT2D eigenvalue weighted by Gasteiger charge is 2.39. The highest BCUT2D eigenvalue weighted by molar-refractivity contribution is 7.99. The minimum absolute atomic E-state index is 0.216. The molecule has 0 spiro atoms. The number of carbonyl (C=O) groups excluding carboxylic acids is 3. The van der Waals surface area contributed by atoms with Gasteiger partial charge in [0.05, 0.1) is 0 Å². The number of imide groups is 1. The Balaban J connectivity index is 1.63. The van der Waals surface area contributed by atoms with Crippen molar-refractivity contribution in [3.05, 3.63) is 59.4 Å². The van der Waals surface area contributed by atoms with Crippen molar-refractivity contribution in [2.45, 2.75) is 35.2 Å². The summed E-state index contributed by atoms with van der Waals surface area (Å²) in [5.74, 6) is -1.30. The fraction of sp³-hybridized carbons (Fsp3) is 0.211. The molecule has 0 aliphatic carbocycles. The van der Waals surface area contributed by atoms with Gasteiger partial charge < -0.3 is 4.90 Å². The molecule has 4 rings (SSSR count). The first-order chi connectivity index (χ1) is 12.5. The Morgan fingerprint density at radius 2 is 1.81 bits per heavy atom. The van der Waals surface area contributed by atoms with E-state index in [9.17, 15) is 18.8 Å². The van der Waals surface area contributed by atoms with Gasteiger partial charge in [0.1, 0.15) is 11.9 Å². The third kappa shape index (κ3) is 2.88.